The minimum atomic E-state index is -1.11. The van der Waals surface area contributed by atoms with E-state index in [-0.39, 0.29) is 12.3 Å². The summed E-state index contributed by atoms with van der Waals surface area (Å²) < 4.78 is 11.2. The van der Waals surface area contributed by atoms with E-state index in [1.165, 1.54) is 4.90 Å². The number of esters is 1. The Hall–Kier alpha value is -3.88. The Bertz CT molecular complexity index is 1320. The molecule has 3 atom stereocenters. The Balaban J connectivity index is 2.64. The molecule has 2 aromatic carbocycles. The number of nitrogens with zero attached hydrogens (tertiary/aromatic N) is 1. The van der Waals surface area contributed by atoms with E-state index < -0.39 is 59.2 Å². The molecule has 0 radical (unpaired) electrons. The molecule has 2 rings (SSSR count). The van der Waals surface area contributed by atoms with Crippen LogP contribution in [0, 0.1) is 19.8 Å². The third-order valence-corrected chi connectivity index (χ3v) is 7.17. The molecule has 3 amide bonds. The predicted octanol–water partition coefficient (Wildman–Crippen LogP) is 6.20. The zero-order chi connectivity index (χ0) is 34.3. The summed E-state index contributed by atoms with van der Waals surface area (Å²) in [7, 11) is 0. The molecule has 0 aliphatic heterocycles. The van der Waals surface area contributed by atoms with Crippen molar-refractivity contribution in [1.29, 1.82) is 0 Å². The molecule has 0 spiro atoms. The normalized spacial score (nSPS) is 13.9. The summed E-state index contributed by atoms with van der Waals surface area (Å²) in [6.45, 7) is 21.7. The third-order valence-electron chi connectivity index (χ3n) is 7.17. The van der Waals surface area contributed by atoms with Crippen LogP contribution in [0.4, 0.5) is 4.79 Å². The van der Waals surface area contributed by atoms with Crippen molar-refractivity contribution in [2.24, 2.45) is 5.92 Å². The predicted molar refractivity (Wildman–Crippen MR) is 177 cm³/mol. The number of nitrogens with one attached hydrogen (secondary N) is 2. The van der Waals surface area contributed by atoms with Crippen molar-refractivity contribution in [3.05, 3.63) is 70.8 Å². The van der Waals surface area contributed by atoms with E-state index in [1.807, 2.05) is 90.1 Å². The van der Waals surface area contributed by atoms with Crippen LogP contribution in [0.3, 0.4) is 0 Å². The largest absolute Gasteiger partial charge is 0.458 e. The number of amides is 3. The molecule has 9 heteroatoms. The lowest BCUT2D eigenvalue weighted by Crippen LogP contribution is -2.58. The van der Waals surface area contributed by atoms with Crippen molar-refractivity contribution in [2.45, 2.75) is 125 Å². The molecule has 2 N–H and O–H groups in total. The Labute approximate surface area is 269 Å². The molecular formula is C36H53N3O6. The van der Waals surface area contributed by atoms with Crippen LogP contribution in [-0.2, 0) is 30.3 Å². The van der Waals surface area contributed by atoms with Gasteiger partial charge in [0.1, 0.15) is 29.3 Å². The van der Waals surface area contributed by atoms with Gasteiger partial charge in [0.05, 0.1) is 0 Å². The van der Waals surface area contributed by atoms with Gasteiger partial charge in [-0.15, -0.1) is 0 Å². The van der Waals surface area contributed by atoms with Gasteiger partial charge in [0.25, 0.3) is 0 Å². The van der Waals surface area contributed by atoms with E-state index >= 15 is 0 Å². The summed E-state index contributed by atoms with van der Waals surface area (Å²) in [6.07, 6.45) is -0.523. The van der Waals surface area contributed by atoms with Crippen molar-refractivity contribution >= 4 is 23.9 Å². The van der Waals surface area contributed by atoms with Gasteiger partial charge >= 0.3 is 12.1 Å². The molecule has 0 heterocycles. The van der Waals surface area contributed by atoms with Gasteiger partial charge in [-0.25, -0.2) is 9.59 Å². The van der Waals surface area contributed by atoms with Crippen molar-refractivity contribution in [2.75, 3.05) is 0 Å². The Kier molecular flexibility index (Phi) is 12.8. The number of carbonyl (C=O) groups is 4. The molecule has 248 valence electrons. The second kappa shape index (κ2) is 15.4. The number of aryl methyl sites for hydroxylation is 1. The minimum Gasteiger partial charge on any atom is -0.458 e. The number of alkyl carbamates (subject to hydrolysis) is 1. The van der Waals surface area contributed by atoms with Gasteiger partial charge in [0, 0.05) is 12.5 Å². The zero-order valence-corrected chi connectivity index (χ0v) is 29.1. The van der Waals surface area contributed by atoms with Crippen LogP contribution in [0.15, 0.2) is 48.5 Å². The molecule has 9 nitrogen and oxygen atoms in total. The molecule has 0 saturated carbocycles. The van der Waals surface area contributed by atoms with E-state index in [0.29, 0.717) is 5.56 Å². The van der Waals surface area contributed by atoms with Crippen LogP contribution in [0.2, 0.25) is 0 Å². The van der Waals surface area contributed by atoms with Gasteiger partial charge in [0.2, 0.25) is 11.8 Å². The maximum absolute atomic E-state index is 14.5. The first-order chi connectivity index (χ1) is 20.7. The summed E-state index contributed by atoms with van der Waals surface area (Å²) in [6, 6.07) is 11.4. The Morgan fingerprint density at radius 2 is 1.36 bits per heavy atom. The summed E-state index contributed by atoms with van der Waals surface area (Å²) in [5.74, 6) is -1.87. The lowest BCUT2D eigenvalue weighted by atomic mass is 9.92. The summed E-state index contributed by atoms with van der Waals surface area (Å²) >= 11 is 0. The first kappa shape index (κ1) is 37.3. The number of benzene rings is 2. The number of hydrogen-bond acceptors (Lipinski definition) is 6. The fourth-order valence-electron chi connectivity index (χ4n) is 4.94. The maximum atomic E-state index is 14.5. The van der Waals surface area contributed by atoms with E-state index in [1.54, 1.807) is 41.5 Å². The van der Waals surface area contributed by atoms with Gasteiger partial charge in [-0.1, -0.05) is 62.4 Å². The van der Waals surface area contributed by atoms with Crippen LogP contribution in [0.5, 0.6) is 0 Å². The van der Waals surface area contributed by atoms with Crippen molar-refractivity contribution in [3.8, 4) is 0 Å². The smallest absolute Gasteiger partial charge is 0.408 e. The number of ether oxygens (including phenoxy) is 2. The van der Waals surface area contributed by atoms with E-state index in [2.05, 4.69) is 10.6 Å². The average molecular weight is 624 g/mol. The topological polar surface area (TPSA) is 114 Å². The summed E-state index contributed by atoms with van der Waals surface area (Å²) in [5.41, 5.74) is 1.72. The highest BCUT2D eigenvalue weighted by Crippen LogP contribution is 2.30. The van der Waals surface area contributed by atoms with Gasteiger partial charge in [0.15, 0.2) is 0 Å². The van der Waals surface area contributed by atoms with Crippen LogP contribution < -0.4 is 10.6 Å². The van der Waals surface area contributed by atoms with Crippen molar-refractivity contribution in [1.82, 2.24) is 15.5 Å². The van der Waals surface area contributed by atoms with Gasteiger partial charge in [-0.3, -0.25) is 9.59 Å². The molecule has 0 bridgehead atoms. The molecule has 0 aromatic heterocycles. The Morgan fingerprint density at radius 3 is 1.87 bits per heavy atom. The van der Waals surface area contributed by atoms with Crippen molar-refractivity contribution in [3.63, 3.8) is 0 Å². The van der Waals surface area contributed by atoms with Crippen LogP contribution in [0.25, 0.3) is 0 Å². The SMILES string of the molecule is Cc1cccc(C(C(=O)NC(Cc2ccccc2)C(=O)OC(C)(C)C)N(C(=O)C(NC(=O)OC(C)(C)C)C(C)C)C(C)C)c1C. The molecule has 45 heavy (non-hydrogen) atoms. The van der Waals surface area contributed by atoms with E-state index in [4.69, 9.17) is 9.47 Å². The van der Waals surface area contributed by atoms with Gasteiger partial charge in [-0.2, -0.15) is 0 Å². The molecule has 0 aliphatic rings. The minimum absolute atomic E-state index is 0.200. The first-order valence-corrected chi connectivity index (χ1v) is 15.7. The summed E-state index contributed by atoms with van der Waals surface area (Å²) in [5, 5.41) is 5.68. The summed E-state index contributed by atoms with van der Waals surface area (Å²) in [4.78, 5) is 56.7. The van der Waals surface area contributed by atoms with Crippen molar-refractivity contribution < 1.29 is 28.7 Å². The Morgan fingerprint density at radius 1 is 0.778 bits per heavy atom. The molecule has 0 aliphatic carbocycles. The number of hydrogen-bond donors (Lipinski definition) is 2. The van der Waals surface area contributed by atoms with Crippen LogP contribution >= 0.6 is 0 Å². The quantitative estimate of drug-likeness (QED) is 0.288. The monoisotopic (exact) mass is 623 g/mol. The van der Waals surface area contributed by atoms with Gasteiger partial charge in [-0.05, 0) is 97.4 Å². The fraction of sp³-hybridized carbons (Fsp3) is 0.556. The first-order valence-electron chi connectivity index (χ1n) is 15.7. The molecular weight excluding hydrogens is 570 g/mol. The van der Waals surface area contributed by atoms with E-state index in [0.717, 1.165) is 16.7 Å². The highest BCUT2D eigenvalue weighted by molar-refractivity contribution is 5.94. The lowest BCUT2D eigenvalue weighted by Gasteiger charge is -2.39. The molecule has 0 saturated heterocycles. The standard InChI is InChI=1S/C36H53N3O6/c1-22(2)29(38-34(43)45-36(10,11)12)32(41)39(23(3)4)30(27-20-16-17-24(5)25(27)6)31(40)37-28(33(42)44-35(7,8)9)21-26-18-14-13-15-19-26/h13-20,22-23,28-30H,21H2,1-12H3,(H,37,40)(H,38,43). The third kappa shape index (κ3) is 11.2. The number of rotatable bonds is 11. The number of carbonyl (C=O) groups excluding carboxylic acids is 4. The average Bonchev–Trinajstić information content (AvgIpc) is 2.89. The van der Waals surface area contributed by atoms with Gasteiger partial charge < -0.3 is 25.0 Å². The maximum Gasteiger partial charge on any atom is 0.408 e. The molecule has 2 aromatic rings. The second-order valence-electron chi connectivity index (χ2n) is 14.2. The molecule has 0 fully saturated rings. The zero-order valence-electron chi connectivity index (χ0n) is 29.1. The lowest BCUT2D eigenvalue weighted by molar-refractivity contribution is -0.159. The van der Waals surface area contributed by atoms with Crippen LogP contribution in [-0.4, -0.2) is 58.1 Å². The van der Waals surface area contributed by atoms with Crippen LogP contribution in [0.1, 0.15) is 97.5 Å². The highest BCUT2D eigenvalue weighted by atomic mass is 16.6. The van der Waals surface area contributed by atoms with E-state index in [9.17, 15) is 19.2 Å². The fourth-order valence-corrected chi connectivity index (χ4v) is 4.94. The second-order valence-corrected chi connectivity index (χ2v) is 14.2. The molecule has 3 unspecified atom stereocenters. The highest BCUT2D eigenvalue weighted by Gasteiger charge is 2.41.